The summed E-state index contributed by atoms with van der Waals surface area (Å²) in [5.74, 6) is -1.07. The van der Waals surface area contributed by atoms with Crippen molar-refractivity contribution >= 4 is 15.7 Å². The second-order valence-electron chi connectivity index (χ2n) is 8.05. The van der Waals surface area contributed by atoms with Crippen molar-refractivity contribution in [3.05, 3.63) is 42.7 Å². The standard InChI is InChI=1S/C21H25FN4O3S/c1-3-12-25-20(17-6-4-5-7-18(17)22)23-24-21(25)30(28,29)13-19(27)26(16-10-11-16)14(2)15-8-9-15/h3-7,14-16H,1,8-13H2,2H3. The van der Waals surface area contributed by atoms with Gasteiger partial charge in [0, 0.05) is 18.6 Å². The van der Waals surface area contributed by atoms with Crippen LogP contribution in [0, 0.1) is 11.7 Å². The van der Waals surface area contributed by atoms with Gasteiger partial charge in [0.1, 0.15) is 11.6 Å². The van der Waals surface area contributed by atoms with Gasteiger partial charge in [-0.1, -0.05) is 18.2 Å². The number of allylic oxidation sites excluding steroid dienone is 1. The number of sulfone groups is 1. The second kappa shape index (κ2) is 7.94. The number of hydrogen-bond acceptors (Lipinski definition) is 5. The summed E-state index contributed by atoms with van der Waals surface area (Å²) in [6.07, 6.45) is 5.45. The van der Waals surface area contributed by atoms with Gasteiger partial charge < -0.3 is 4.90 Å². The van der Waals surface area contributed by atoms with Crippen molar-refractivity contribution in [3.63, 3.8) is 0 Å². The average Bonchev–Trinajstić information content (AvgIpc) is 3.60. The minimum atomic E-state index is -4.07. The number of aromatic nitrogens is 3. The summed E-state index contributed by atoms with van der Waals surface area (Å²) in [4.78, 5) is 14.7. The molecule has 0 N–H and O–H groups in total. The van der Waals surface area contributed by atoms with Crippen LogP contribution in [-0.4, -0.2) is 51.8 Å². The maximum Gasteiger partial charge on any atom is 0.250 e. The molecular formula is C21H25FN4O3S. The Bertz CT molecular complexity index is 1070. The lowest BCUT2D eigenvalue weighted by molar-refractivity contribution is -0.131. The summed E-state index contributed by atoms with van der Waals surface area (Å²) < 4.78 is 41.8. The Balaban J connectivity index is 1.64. The first-order chi connectivity index (χ1) is 14.3. The smallest absolute Gasteiger partial charge is 0.250 e. The lowest BCUT2D eigenvalue weighted by Gasteiger charge is -2.29. The number of rotatable bonds is 9. The van der Waals surface area contributed by atoms with Gasteiger partial charge in [-0.05, 0) is 50.7 Å². The van der Waals surface area contributed by atoms with E-state index in [4.69, 9.17) is 0 Å². The van der Waals surface area contributed by atoms with Crippen molar-refractivity contribution in [1.29, 1.82) is 0 Å². The summed E-state index contributed by atoms with van der Waals surface area (Å²) in [6, 6.07) is 6.12. The molecule has 0 radical (unpaired) electrons. The molecule has 2 aliphatic carbocycles. The number of carbonyl (C=O) groups excluding carboxylic acids is 1. The number of hydrogen-bond donors (Lipinski definition) is 0. The van der Waals surface area contributed by atoms with Crippen molar-refractivity contribution in [2.24, 2.45) is 5.92 Å². The highest BCUT2D eigenvalue weighted by Crippen LogP contribution is 2.40. The first-order valence-corrected chi connectivity index (χ1v) is 11.8. The van der Waals surface area contributed by atoms with E-state index in [9.17, 15) is 17.6 Å². The van der Waals surface area contributed by atoms with Crippen LogP contribution in [0.15, 0.2) is 42.1 Å². The SMILES string of the molecule is C=CCn1c(-c2ccccc2F)nnc1S(=O)(=O)CC(=O)N(C1CC1)C(C)C1CC1. The Labute approximate surface area is 175 Å². The van der Waals surface area contributed by atoms with Crippen molar-refractivity contribution in [3.8, 4) is 11.4 Å². The molecule has 30 heavy (non-hydrogen) atoms. The van der Waals surface area contributed by atoms with E-state index >= 15 is 0 Å². The van der Waals surface area contributed by atoms with Crippen molar-refractivity contribution in [2.45, 2.75) is 56.4 Å². The van der Waals surface area contributed by atoms with E-state index in [-0.39, 0.29) is 35.2 Å². The van der Waals surface area contributed by atoms with E-state index in [1.165, 1.54) is 28.8 Å². The molecular weight excluding hydrogens is 407 g/mol. The molecule has 1 atom stereocenters. The van der Waals surface area contributed by atoms with E-state index < -0.39 is 27.3 Å². The summed E-state index contributed by atoms with van der Waals surface area (Å²) in [5.41, 5.74) is 0.140. The molecule has 0 bridgehead atoms. The first-order valence-electron chi connectivity index (χ1n) is 10.2. The molecule has 0 saturated heterocycles. The molecule has 2 aliphatic rings. The van der Waals surface area contributed by atoms with E-state index in [0.29, 0.717) is 5.92 Å². The Hall–Kier alpha value is -2.55. The van der Waals surface area contributed by atoms with Gasteiger partial charge in [-0.25, -0.2) is 12.8 Å². The van der Waals surface area contributed by atoms with Crippen LogP contribution < -0.4 is 0 Å². The summed E-state index contributed by atoms with van der Waals surface area (Å²) in [6.45, 7) is 5.72. The molecule has 1 unspecified atom stereocenters. The fraction of sp³-hybridized carbons (Fsp3) is 0.476. The zero-order chi connectivity index (χ0) is 21.5. The third-order valence-corrected chi connectivity index (χ3v) is 7.19. The van der Waals surface area contributed by atoms with Crippen LogP contribution in [0.5, 0.6) is 0 Å². The van der Waals surface area contributed by atoms with Gasteiger partial charge in [-0.15, -0.1) is 16.8 Å². The molecule has 9 heteroatoms. The van der Waals surface area contributed by atoms with Crippen molar-refractivity contribution in [1.82, 2.24) is 19.7 Å². The van der Waals surface area contributed by atoms with E-state index in [2.05, 4.69) is 16.8 Å². The van der Waals surface area contributed by atoms with Gasteiger partial charge in [-0.3, -0.25) is 9.36 Å². The topological polar surface area (TPSA) is 85.2 Å². The number of nitrogens with zero attached hydrogens (tertiary/aromatic N) is 4. The number of carbonyl (C=O) groups is 1. The molecule has 4 rings (SSSR count). The van der Waals surface area contributed by atoms with Crippen molar-refractivity contribution in [2.75, 3.05) is 5.75 Å². The maximum atomic E-state index is 14.3. The average molecular weight is 433 g/mol. The second-order valence-corrected chi connectivity index (χ2v) is 9.94. The summed E-state index contributed by atoms with van der Waals surface area (Å²) in [5, 5.41) is 7.41. The Morgan fingerprint density at radius 1 is 1.30 bits per heavy atom. The number of halogens is 1. The van der Waals surface area contributed by atoms with Crippen LogP contribution in [0.3, 0.4) is 0 Å². The predicted molar refractivity (Wildman–Crippen MR) is 110 cm³/mol. The largest absolute Gasteiger partial charge is 0.336 e. The molecule has 1 aromatic heterocycles. The Morgan fingerprint density at radius 3 is 2.60 bits per heavy atom. The third kappa shape index (κ3) is 4.03. The molecule has 2 saturated carbocycles. The molecule has 160 valence electrons. The number of benzene rings is 1. The quantitative estimate of drug-likeness (QED) is 0.569. The van der Waals surface area contributed by atoms with Crippen LogP contribution >= 0.6 is 0 Å². The molecule has 2 fully saturated rings. The van der Waals surface area contributed by atoms with Gasteiger partial charge in [0.2, 0.25) is 15.7 Å². The zero-order valence-corrected chi connectivity index (χ0v) is 17.7. The minimum absolute atomic E-state index is 0.0419. The predicted octanol–water partition coefficient (Wildman–Crippen LogP) is 2.83. The summed E-state index contributed by atoms with van der Waals surface area (Å²) in [7, 11) is -4.07. The lowest BCUT2D eigenvalue weighted by atomic mass is 10.2. The molecule has 7 nitrogen and oxygen atoms in total. The molecule has 2 aromatic rings. The first kappa shape index (κ1) is 20.7. The monoisotopic (exact) mass is 432 g/mol. The fourth-order valence-corrected chi connectivity index (χ4v) is 5.14. The van der Waals surface area contributed by atoms with Crippen molar-refractivity contribution < 1.29 is 17.6 Å². The van der Waals surface area contributed by atoms with E-state index in [0.717, 1.165) is 25.7 Å². The highest BCUT2D eigenvalue weighted by Gasteiger charge is 2.43. The normalized spacial score (nSPS) is 17.5. The minimum Gasteiger partial charge on any atom is -0.336 e. The van der Waals surface area contributed by atoms with Gasteiger partial charge in [-0.2, -0.15) is 0 Å². The van der Waals surface area contributed by atoms with E-state index in [1.807, 2.05) is 6.92 Å². The lowest BCUT2D eigenvalue weighted by Crippen LogP contribution is -2.44. The third-order valence-electron chi connectivity index (χ3n) is 5.71. The molecule has 1 amide bonds. The highest BCUT2D eigenvalue weighted by atomic mass is 32.2. The molecule has 0 aliphatic heterocycles. The van der Waals surface area contributed by atoms with Crippen LogP contribution in [0.25, 0.3) is 11.4 Å². The molecule has 1 aromatic carbocycles. The Morgan fingerprint density at radius 2 is 2.00 bits per heavy atom. The maximum absolute atomic E-state index is 14.3. The van der Waals surface area contributed by atoms with Gasteiger partial charge in [0.15, 0.2) is 5.82 Å². The fourth-order valence-electron chi connectivity index (χ4n) is 3.88. The Kier molecular flexibility index (Phi) is 5.48. The zero-order valence-electron chi connectivity index (χ0n) is 16.9. The van der Waals surface area contributed by atoms with Gasteiger partial charge >= 0.3 is 0 Å². The highest BCUT2D eigenvalue weighted by molar-refractivity contribution is 7.92. The molecule has 0 spiro atoms. The van der Waals surface area contributed by atoms with E-state index in [1.54, 1.807) is 11.0 Å². The molecule has 1 heterocycles. The van der Waals surface area contributed by atoms with Crippen LogP contribution in [0.4, 0.5) is 4.39 Å². The van der Waals surface area contributed by atoms with Gasteiger partial charge in [0.05, 0.1) is 5.56 Å². The summed E-state index contributed by atoms with van der Waals surface area (Å²) >= 11 is 0. The van der Waals surface area contributed by atoms with Crippen LogP contribution in [0.1, 0.15) is 32.6 Å². The van der Waals surface area contributed by atoms with Crippen LogP contribution in [0.2, 0.25) is 0 Å². The van der Waals surface area contributed by atoms with Crippen LogP contribution in [-0.2, 0) is 21.2 Å². The van der Waals surface area contributed by atoms with Gasteiger partial charge in [0.25, 0.3) is 5.16 Å². The number of amides is 1.